The minimum Gasteiger partial charge on any atom is -0.497 e. The first-order chi connectivity index (χ1) is 9.99. The van der Waals surface area contributed by atoms with Gasteiger partial charge < -0.3 is 15.8 Å². The standard InChI is InChI=1S/C15H14Cl2N2O2/c1-21-13-4-2-12(3-5-13)19-14(15(18)20)9-6-10(16)8-11(17)7-9/h2-8,14,19H,1H3,(H2,18,20). The minimum absolute atomic E-state index is 0.445. The van der Waals surface area contributed by atoms with Gasteiger partial charge in [-0.1, -0.05) is 23.2 Å². The van der Waals surface area contributed by atoms with Crippen molar-refractivity contribution in [1.82, 2.24) is 0 Å². The molecular formula is C15H14Cl2N2O2. The summed E-state index contributed by atoms with van der Waals surface area (Å²) in [6.45, 7) is 0. The predicted molar refractivity (Wildman–Crippen MR) is 85.0 cm³/mol. The molecule has 0 aromatic heterocycles. The van der Waals surface area contributed by atoms with Crippen molar-refractivity contribution in [3.05, 3.63) is 58.1 Å². The second-order valence-corrected chi connectivity index (χ2v) is 5.28. The topological polar surface area (TPSA) is 64.3 Å². The third-order valence-corrected chi connectivity index (χ3v) is 3.34. The molecule has 2 aromatic rings. The Labute approximate surface area is 132 Å². The number of nitrogens with two attached hydrogens (primary N) is 1. The Hall–Kier alpha value is -1.91. The summed E-state index contributed by atoms with van der Waals surface area (Å²) < 4.78 is 5.08. The number of amides is 1. The van der Waals surface area contributed by atoms with Crippen LogP contribution in [0.4, 0.5) is 5.69 Å². The van der Waals surface area contributed by atoms with Crippen molar-refractivity contribution >= 4 is 34.8 Å². The first-order valence-corrected chi connectivity index (χ1v) is 6.91. The first kappa shape index (κ1) is 15.5. The molecule has 2 rings (SSSR count). The maximum absolute atomic E-state index is 11.7. The van der Waals surface area contributed by atoms with Gasteiger partial charge in [-0.2, -0.15) is 0 Å². The molecule has 0 saturated carbocycles. The largest absolute Gasteiger partial charge is 0.497 e. The number of methoxy groups -OCH3 is 1. The van der Waals surface area contributed by atoms with E-state index in [1.54, 1.807) is 49.6 Å². The Morgan fingerprint density at radius 3 is 2.19 bits per heavy atom. The number of halogens is 2. The number of ether oxygens (including phenoxy) is 1. The number of primary amides is 1. The van der Waals surface area contributed by atoms with Crippen molar-refractivity contribution in [3.63, 3.8) is 0 Å². The normalized spacial score (nSPS) is 11.8. The predicted octanol–water partition coefficient (Wildman–Crippen LogP) is 3.64. The fraction of sp³-hybridized carbons (Fsp3) is 0.133. The van der Waals surface area contributed by atoms with Crippen molar-refractivity contribution in [2.45, 2.75) is 6.04 Å². The molecule has 0 heterocycles. The molecule has 0 aliphatic carbocycles. The zero-order chi connectivity index (χ0) is 15.4. The van der Waals surface area contributed by atoms with Gasteiger partial charge in [0.25, 0.3) is 0 Å². The van der Waals surface area contributed by atoms with Gasteiger partial charge in [0.2, 0.25) is 5.91 Å². The number of carbonyl (C=O) groups excluding carboxylic acids is 1. The molecule has 6 heteroatoms. The number of anilines is 1. The summed E-state index contributed by atoms with van der Waals surface area (Å²) in [4.78, 5) is 11.7. The Morgan fingerprint density at radius 1 is 1.14 bits per heavy atom. The smallest absolute Gasteiger partial charge is 0.244 e. The molecular weight excluding hydrogens is 311 g/mol. The van der Waals surface area contributed by atoms with Gasteiger partial charge in [-0.15, -0.1) is 0 Å². The highest BCUT2D eigenvalue weighted by Crippen LogP contribution is 2.26. The van der Waals surface area contributed by atoms with Crippen molar-refractivity contribution in [2.24, 2.45) is 5.73 Å². The molecule has 110 valence electrons. The van der Waals surface area contributed by atoms with Gasteiger partial charge in [-0.05, 0) is 48.0 Å². The third kappa shape index (κ3) is 4.03. The molecule has 0 aliphatic heterocycles. The van der Waals surface area contributed by atoms with Gasteiger partial charge in [0.15, 0.2) is 0 Å². The van der Waals surface area contributed by atoms with E-state index in [9.17, 15) is 4.79 Å². The molecule has 21 heavy (non-hydrogen) atoms. The molecule has 0 spiro atoms. The van der Waals surface area contributed by atoms with E-state index in [0.29, 0.717) is 15.6 Å². The van der Waals surface area contributed by atoms with Crippen molar-refractivity contribution in [3.8, 4) is 5.75 Å². The fourth-order valence-corrected chi connectivity index (χ4v) is 2.46. The molecule has 0 bridgehead atoms. The summed E-state index contributed by atoms with van der Waals surface area (Å²) in [5.74, 6) is 0.200. The number of benzene rings is 2. The van der Waals surface area contributed by atoms with E-state index < -0.39 is 11.9 Å². The molecule has 1 amide bonds. The van der Waals surface area contributed by atoms with Gasteiger partial charge in [0.1, 0.15) is 11.8 Å². The van der Waals surface area contributed by atoms with E-state index in [1.165, 1.54) is 0 Å². The van der Waals surface area contributed by atoms with Crippen LogP contribution in [-0.2, 0) is 4.79 Å². The molecule has 3 N–H and O–H groups in total. The highest BCUT2D eigenvalue weighted by molar-refractivity contribution is 6.34. The van der Waals surface area contributed by atoms with E-state index in [1.807, 2.05) is 0 Å². The summed E-state index contributed by atoms with van der Waals surface area (Å²) in [5.41, 5.74) is 6.80. The average Bonchev–Trinajstić information content (AvgIpc) is 2.44. The fourth-order valence-electron chi connectivity index (χ4n) is 1.91. The Balaban J connectivity index is 2.28. The maximum Gasteiger partial charge on any atom is 0.244 e. The van der Waals surface area contributed by atoms with E-state index >= 15 is 0 Å². The van der Waals surface area contributed by atoms with Crippen molar-refractivity contribution in [2.75, 3.05) is 12.4 Å². The number of carbonyl (C=O) groups is 1. The minimum atomic E-state index is -0.727. The quantitative estimate of drug-likeness (QED) is 0.882. The summed E-state index contributed by atoms with van der Waals surface area (Å²) in [6.07, 6.45) is 0. The van der Waals surface area contributed by atoms with E-state index in [0.717, 1.165) is 11.4 Å². The maximum atomic E-state index is 11.7. The SMILES string of the molecule is COc1ccc(NC(C(N)=O)c2cc(Cl)cc(Cl)c2)cc1. The second-order valence-electron chi connectivity index (χ2n) is 4.41. The first-order valence-electron chi connectivity index (χ1n) is 6.15. The van der Waals surface area contributed by atoms with Crippen LogP contribution in [0.15, 0.2) is 42.5 Å². The van der Waals surface area contributed by atoms with Crippen LogP contribution >= 0.6 is 23.2 Å². The zero-order valence-corrected chi connectivity index (χ0v) is 12.8. The Morgan fingerprint density at radius 2 is 1.71 bits per heavy atom. The van der Waals surface area contributed by atoms with Gasteiger partial charge in [-0.25, -0.2) is 0 Å². The van der Waals surface area contributed by atoms with Gasteiger partial charge in [0.05, 0.1) is 7.11 Å². The molecule has 0 saturated heterocycles. The van der Waals surface area contributed by atoms with Gasteiger partial charge in [-0.3, -0.25) is 4.79 Å². The Bertz CT molecular complexity index is 624. The van der Waals surface area contributed by atoms with E-state index in [-0.39, 0.29) is 0 Å². The highest BCUT2D eigenvalue weighted by atomic mass is 35.5. The highest BCUT2D eigenvalue weighted by Gasteiger charge is 2.18. The lowest BCUT2D eigenvalue weighted by atomic mass is 10.1. The van der Waals surface area contributed by atoms with Gasteiger partial charge >= 0.3 is 0 Å². The number of rotatable bonds is 5. The molecule has 1 unspecified atom stereocenters. The van der Waals surface area contributed by atoms with Crippen LogP contribution in [0, 0.1) is 0 Å². The lowest BCUT2D eigenvalue weighted by Crippen LogP contribution is -2.27. The summed E-state index contributed by atoms with van der Waals surface area (Å²) >= 11 is 11.9. The number of hydrogen-bond acceptors (Lipinski definition) is 3. The molecule has 1 atom stereocenters. The summed E-state index contributed by atoms with van der Waals surface area (Å²) in [7, 11) is 1.59. The average molecular weight is 325 g/mol. The van der Waals surface area contributed by atoms with Crippen LogP contribution in [0.3, 0.4) is 0 Å². The monoisotopic (exact) mass is 324 g/mol. The van der Waals surface area contributed by atoms with E-state index in [2.05, 4.69) is 5.32 Å². The molecule has 0 fully saturated rings. The molecule has 2 aromatic carbocycles. The lowest BCUT2D eigenvalue weighted by Gasteiger charge is -2.18. The van der Waals surface area contributed by atoms with Crippen LogP contribution in [0.25, 0.3) is 0 Å². The molecule has 0 aliphatic rings. The van der Waals surface area contributed by atoms with Crippen LogP contribution in [0.1, 0.15) is 11.6 Å². The van der Waals surface area contributed by atoms with Crippen molar-refractivity contribution in [1.29, 1.82) is 0 Å². The van der Waals surface area contributed by atoms with Crippen LogP contribution < -0.4 is 15.8 Å². The number of nitrogens with one attached hydrogen (secondary N) is 1. The summed E-state index contributed by atoms with van der Waals surface area (Å²) in [6, 6.07) is 11.3. The lowest BCUT2D eigenvalue weighted by molar-refractivity contribution is -0.118. The molecule has 0 radical (unpaired) electrons. The molecule has 4 nitrogen and oxygen atoms in total. The van der Waals surface area contributed by atoms with Crippen LogP contribution in [0.2, 0.25) is 10.0 Å². The van der Waals surface area contributed by atoms with E-state index in [4.69, 9.17) is 33.7 Å². The zero-order valence-electron chi connectivity index (χ0n) is 11.3. The second kappa shape index (κ2) is 6.70. The Kier molecular flexibility index (Phi) is 4.94. The summed E-state index contributed by atoms with van der Waals surface area (Å²) in [5, 5.41) is 3.94. The van der Waals surface area contributed by atoms with Crippen LogP contribution in [0.5, 0.6) is 5.75 Å². The van der Waals surface area contributed by atoms with Crippen molar-refractivity contribution < 1.29 is 9.53 Å². The van der Waals surface area contributed by atoms with Gasteiger partial charge in [0, 0.05) is 15.7 Å². The van der Waals surface area contributed by atoms with Crippen LogP contribution in [-0.4, -0.2) is 13.0 Å². The third-order valence-electron chi connectivity index (χ3n) is 2.90. The number of hydrogen-bond donors (Lipinski definition) is 2.